The zero-order chi connectivity index (χ0) is 11.5. The second-order valence-corrected chi connectivity index (χ2v) is 5.92. The van der Waals surface area contributed by atoms with E-state index in [1.54, 1.807) is 17.5 Å². The summed E-state index contributed by atoms with van der Waals surface area (Å²) in [5.41, 5.74) is 0. The summed E-state index contributed by atoms with van der Waals surface area (Å²) in [6, 6.07) is 2.12. The van der Waals surface area contributed by atoms with Crippen molar-refractivity contribution < 1.29 is 0 Å². The molecule has 1 atom stereocenters. The van der Waals surface area contributed by atoms with Crippen LogP contribution in [0.4, 0.5) is 5.82 Å². The summed E-state index contributed by atoms with van der Waals surface area (Å²) >= 11 is 8.47. The molecule has 2 heterocycles. The SMILES string of the molecule is CC(Nc1ncc(Br)cc1Br)c1nccs1. The number of pyridine rings is 1. The Morgan fingerprint density at radius 2 is 2.19 bits per heavy atom. The lowest BCUT2D eigenvalue weighted by Crippen LogP contribution is -2.07. The minimum absolute atomic E-state index is 0.157. The first-order chi connectivity index (χ1) is 7.66. The molecule has 0 amide bonds. The Balaban J connectivity index is 2.15. The molecule has 2 aromatic heterocycles. The first-order valence-corrected chi connectivity index (χ1v) is 7.10. The van der Waals surface area contributed by atoms with Crippen LogP contribution in [0.1, 0.15) is 18.0 Å². The third-order valence-corrected chi connectivity index (χ3v) is 3.98. The lowest BCUT2D eigenvalue weighted by atomic mass is 10.3. The lowest BCUT2D eigenvalue weighted by molar-refractivity contribution is 0.859. The van der Waals surface area contributed by atoms with Gasteiger partial charge in [-0.3, -0.25) is 0 Å². The van der Waals surface area contributed by atoms with Crippen molar-refractivity contribution in [2.24, 2.45) is 0 Å². The summed E-state index contributed by atoms with van der Waals surface area (Å²) in [6.45, 7) is 2.06. The van der Waals surface area contributed by atoms with Crippen molar-refractivity contribution in [1.82, 2.24) is 9.97 Å². The predicted octanol–water partition coefficient (Wildman–Crippen LogP) is 4.24. The van der Waals surface area contributed by atoms with Gasteiger partial charge in [0.1, 0.15) is 10.8 Å². The van der Waals surface area contributed by atoms with E-state index in [0.29, 0.717) is 0 Å². The third kappa shape index (κ3) is 2.81. The van der Waals surface area contributed by atoms with Crippen LogP contribution in [0, 0.1) is 0 Å². The number of aromatic nitrogens is 2. The Kier molecular flexibility index (Phi) is 3.94. The standard InChI is InChI=1S/C10H9Br2N3S/c1-6(10-13-2-3-16-10)15-9-8(12)4-7(11)5-14-9/h2-6H,1H3,(H,14,15). The number of hydrogen-bond donors (Lipinski definition) is 1. The van der Waals surface area contributed by atoms with Crippen LogP contribution in [0.3, 0.4) is 0 Å². The minimum Gasteiger partial charge on any atom is -0.360 e. The predicted molar refractivity (Wildman–Crippen MR) is 73.8 cm³/mol. The Bertz CT molecular complexity index is 473. The number of halogens is 2. The van der Waals surface area contributed by atoms with Crippen molar-refractivity contribution in [1.29, 1.82) is 0 Å². The van der Waals surface area contributed by atoms with E-state index in [2.05, 4.69) is 54.1 Å². The first-order valence-electron chi connectivity index (χ1n) is 4.64. The molecule has 3 nitrogen and oxygen atoms in total. The van der Waals surface area contributed by atoms with Crippen molar-refractivity contribution in [3.8, 4) is 0 Å². The number of rotatable bonds is 3. The highest BCUT2D eigenvalue weighted by Crippen LogP contribution is 2.27. The van der Waals surface area contributed by atoms with Crippen LogP contribution in [0.25, 0.3) is 0 Å². The van der Waals surface area contributed by atoms with Crippen LogP contribution in [-0.4, -0.2) is 9.97 Å². The van der Waals surface area contributed by atoms with E-state index in [-0.39, 0.29) is 6.04 Å². The molecular formula is C10H9Br2N3S. The number of nitrogens with zero attached hydrogens (tertiary/aromatic N) is 2. The van der Waals surface area contributed by atoms with Gasteiger partial charge in [0, 0.05) is 22.2 Å². The number of nitrogens with one attached hydrogen (secondary N) is 1. The highest BCUT2D eigenvalue weighted by Gasteiger charge is 2.10. The van der Waals surface area contributed by atoms with E-state index in [0.717, 1.165) is 19.8 Å². The van der Waals surface area contributed by atoms with Gasteiger partial charge in [0.15, 0.2) is 0 Å². The van der Waals surface area contributed by atoms with Gasteiger partial charge in [0.05, 0.1) is 10.5 Å². The normalized spacial score (nSPS) is 12.4. The van der Waals surface area contributed by atoms with Crippen molar-refractivity contribution in [2.75, 3.05) is 5.32 Å². The van der Waals surface area contributed by atoms with Gasteiger partial charge in [-0.2, -0.15) is 0 Å². The van der Waals surface area contributed by atoms with Gasteiger partial charge in [-0.1, -0.05) is 0 Å². The van der Waals surface area contributed by atoms with Crippen molar-refractivity contribution in [3.05, 3.63) is 37.8 Å². The zero-order valence-electron chi connectivity index (χ0n) is 8.45. The van der Waals surface area contributed by atoms with Crippen LogP contribution in [0.15, 0.2) is 32.8 Å². The van der Waals surface area contributed by atoms with Crippen molar-refractivity contribution in [3.63, 3.8) is 0 Å². The summed E-state index contributed by atoms with van der Waals surface area (Å²) in [6.07, 6.45) is 3.57. The smallest absolute Gasteiger partial charge is 0.140 e. The molecule has 0 fully saturated rings. The fourth-order valence-electron chi connectivity index (χ4n) is 1.24. The minimum atomic E-state index is 0.157. The zero-order valence-corrected chi connectivity index (χ0v) is 12.4. The van der Waals surface area contributed by atoms with Crippen LogP contribution in [0.5, 0.6) is 0 Å². The molecule has 16 heavy (non-hydrogen) atoms. The third-order valence-electron chi connectivity index (χ3n) is 1.98. The highest BCUT2D eigenvalue weighted by molar-refractivity contribution is 9.11. The van der Waals surface area contributed by atoms with E-state index in [4.69, 9.17) is 0 Å². The van der Waals surface area contributed by atoms with Gasteiger partial charge in [0.2, 0.25) is 0 Å². The van der Waals surface area contributed by atoms with Gasteiger partial charge in [-0.25, -0.2) is 9.97 Å². The molecule has 0 bridgehead atoms. The molecule has 0 aromatic carbocycles. The molecule has 0 aliphatic heterocycles. The fraction of sp³-hybridized carbons (Fsp3) is 0.200. The molecule has 0 radical (unpaired) electrons. The summed E-state index contributed by atoms with van der Waals surface area (Å²) in [4.78, 5) is 8.56. The van der Waals surface area contributed by atoms with Crippen LogP contribution < -0.4 is 5.32 Å². The van der Waals surface area contributed by atoms with Gasteiger partial charge in [-0.15, -0.1) is 11.3 Å². The quantitative estimate of drug-likeness (QED) is 0.887. The molecule has 0 aliphatic carbocycles. The van der Waals surface area contributed by atoms with Crippen LogP contribution in [0.2, 0.25) is 0 Å². The summed E-state index contributed by atoms with van der Waals surface area (Å²) in [7, 11) is 0. The Morgan fingerprint density at radius 1 is 1.38 bits per heavy atom. The second-order valence-electron chi connectivity index (χ2n) is 3.22. The maximum atomic E-state index is 4.30. The summed E-state index contributed by atoms with van der Waals surface area (Å²) in [5.74, 6) is 0.825. The molecule has 0 saturated heterocycles. The molecule has 6 heteroatoms. The van der Waals surface area contributed by atoms with Crippen molar-refractivity contribution >= 4 is 49.0 Å². The maximum Gasteiger partial charge on any atom is 0.140 e. The van der Waals surface area contributed by atoms with E-state index in [9.17, 15) is 0 Å². The Morgan fingerprint density at radius 3 is 2.81 bits per heavy atom. The largest absolute Gasteiger partial charge is 0.360 e. The molecule has 1 N–H and O–H groups in total. The number of thiazole rings is 1. The molecule has 2 aromatic rings. The first kappa shape index (κ1) is 12.0. The summed E-state index contributed by atoms with van der Waals surface area (Å²) in [5, 5.41) is 6.33. The topological polar surface area (TPSA) is 37.8 Å². The van der Waals surface area contributed by atoms with Gasteiger partial charge in [0.25, 0.3) is 0 Å². The molecule has 84 valence electrons. The van der Waals surface area contributed by atoms with E-state index in [1.165, 1.54) is 0 Å². The van der Waals surface area contributed by atoms with Crippen LogP contribution >= 0.6 is 43.2 Å². The molecule has 0 saturated carbocycles. The second kappa shape index (κ2) is 5.25. The maximum absolute atomic E-state index is 4.30. The van der Waals surface area contributed by atoms with Gasteiger partial charge in [-0.05, 0) is 44.8 Å². The van der Waals surface area contributed by atoms with E-state index < -0.39 is 0 Å². The number of anilines is 1. The molecule has 2 rings (SSSR count). The molecular weight excluding hydrogens is 354 g/mol. The van der Waals surface area contributed by atoms with Gasteiger partial charge >= 0.3 is 0 Å². The van der Waals surface area contributed by atoms with Gasteiger partial charge < -0.3 is 5.32 Å². The molecule has 0 aliphatic rings. The molecule has 0 spiro atoms. The molecule has 1 unspecified atom stereocenters. The van der Waals surface area contributed by atoms with Crippen LogP contribution in [-0.2, 0) is 0 Å². The highest BCUT2D eigenvalue weighted by atomic mass is 79.9. The average molecular weight is 363 g/mol. The van der Waals surface area contributed by atoms with E-state index in [1.807, 2.05) is 17.6 Å². The van der Waals surface area contributed by atoms with Crippen molar-refractivity contribution in [2.45, 2.75) is 13.0 Å². The Labute approximate surface area is 115 Å². The lowest BCUT2D eigenvalue weighted by Gasteiger charge is -2.13. The van der Waals surface area contributed by atoms with E-state index >= 15 is 0 Å². The number of hydrogen-bond acceptors (Lipinski definition) is 4. The Hall–Kier alpha value is -0.460. The monoisotopic (exact) mass is 361 g/mol. The summed E-state index contributed by atoms with van der Waals surface area (Å²) < 4.78 is 1.89. The fourth-order valence-corrected chi connectivity index (χ4v) is 2.98. The average Bonchev–Trinajstić information content (AvgIpc) is 2.75.